The zero-order valence-electron chi connectivity index (χ0n) is 61.9. The molecule has 1 unspecified atom stereocenters. The molecule has 2 saturated heterocycles. The number of carbonyl (C=O) groups is 10. The molecule has 0 bridgehead atoms. The van der Waals surface area contributed by atoms with E-state index in [0.29, 0.717) is 77.7 Å². The third-order valence-corrected chi connectivity index (χ3v) is 24.3. The van der Waals surface area contributed by atoms with Crippen LogP contribution in [0.4, 0.5) is 0 Å². The van der Waals surface area contributed by atoms with Crippen LogP contribution in [0.2, 0.25) is 0 Å². The first-order valence-electron chi connectivity index (χ1n) is 39.0. The summed E-state index contributed by atoms with van der Waals surface area (Å²) in [6.45, 7) is 12.4. The number of amides is 3. The maximum absolute atomic E-state index is 14.7. The van der Waals surface area contributed by atoms with Gasteiger partial charge in [0.15, 0.2) is 23.1 Å². The molecule has 0 radical (unpaired) electrons. The van der Waals surface area contributed by atoms with Gasteiger partial charge in [-0.2, -0.15) is 0 Å². The van der Waals surface area contributed by atoms with E-state index in [-0.39, 0.29) is 134 Å². The third-order valence-electron chi connectivity index (χ3n) is 23.4. The van der Waals surface area contributed by atoms with Crippen LogP contribution in [0, 0.1) is 64.1 Å². The Balaban J connectivity index is 0.000000210. The number of likely N-dealkylation sites (tertiary alicyclic amines) is 1. The summed E-state index contributed by atoms with van der Waals surface area (Å²) >= 11 is 1.58. The van der Waals surface area contributed by atoms with Gasteiger partial charge < -0.3 is 34.8 Å². The number of allylic oxidation sites excluding steroid dienone is 2. The van der Waals surface area contributed by atoms with E-state index >= 15 is 0 Å². The Hall–Kier alpha value is -7.46. The number of carboxylic acids is 1. The quantitative estimate of drug-likeness (QED) is 0.0228. The van der Waals surface area contributed by atoms with Crippen LogP contribution in [-0.4, -0.2) is 142 Å². The molecule has 0 spiro atoms. The van der Waals surface area contributed by atoms with Crippen molar-refractivity contribution in [2.75, 3.05) is 13.1 Å². The number of nitrogens with zero attached hydrogens (tertiary/aromatic N) is 6. The van der Waals surface area contributed by atoms with Crippen LogP contribution in [0.1, 0.15) is 242 Å². The van der Waals surface area contributed by atoms with Crippen molar-refractivity contribution < 1.29 is 67.6 Å². The number of nitrogens with one attached hydrogen (secondary N) is 1. The van der Waals surface area contributed by atoms with Crippen LogP contribution >= 0.6 is 11.3 Å². The highest BCUT2D eigenvalue weighted by Crippen LogP contribution is 2.57. The number of fused-ring (bicyclic) bond motifs is 4. The lowest BCUT2D eigenvalue weighted by Crippen LogP contribution is -2.58. The van der Waals surface area contributed by atoms with E-state index in [1.807, 2.05) is 69.5 Å². The molecule has 562 valence electrons. The molecule has 8 aliphatic rings. The molecule has 3 aromatic heterocycles. The van der Waals surface area contributed by atoms with Crippen LogP contribution in [0.15, 0.2) is 60.4 Å². The molecule has 5 aliphatic carbocycles. The number of thiazole rings is 1. The highest BCUT2D eigenvalue weighted by atomic mass is 32.1. The minimum absolute atomic E-state index is 0.00639. The van der Waals surface area contributed by atoms with Gasteiger partial charge in [-0.15, -0.1) is 11.3 Å². The Morgan fingerprint density at radius 1 is 0.817 bits per heavy atom. The lowest BCUT2D eigenvalue weighted by atomic mass is 9.76. The van der Waals surface area contributed by atoms with Crippen molar-refractivity contribution in [2.24, 2.45) is 64.1 Å². The highest BCUT2D eigenvalue weighted by molar-refractivity contribution is 7.09. The van der Waals surface area contributed by atoms with Crippen LogP contribution in [0.3, 0.4) is 0 Å². The second-order valence-electron chi connectivity index (χ2n) is 32.9. The van der Waals surface area contributed by atoms with Crippen molar-refractivity contribution in [3.05, 3.63) is 76.7 Å². The summed E-state index contributed by atoms with van der Waals surface area (Å²) in [5.74, 6) is -4.49. The molecule has 104 heavy (non-hydrogen) atoms. The Bertz CT molecular complexity index is 3790. The van der Waals surface area contributed by atoms with E-state index in [1.54, 1.807) is 21.1 Å². The van der Waals surface area contributed by atoms with E-state index in [2.05, 4.69) is 29.1 Å². The van der Waals surface area contributed by atoms with Crippen molar-refractivity contribution in [3.63, 3.8) is 0 Å². The van der Waals surface area contributed by atoms with Crippen LogP contribution < -0.4 is 10.1 Å². The second-order valence-corrected chi connectivity index (χ2v) is 33.9. The molecule has 3 N–H and O–H groups in total. The first kappa shape index (κ1) is 77.6. The van der Waals surface area contributed by atoms with Crippen LogP contribution in [-0.2, 0) is 60.9 Å². The fourth-order valence-electron chi connectivity index (χ4n) is 17.4. The Kier molecular flexibility index (Phi) is 26.0. The number of aromatic nitrogens is 4. The summed E-state index contributed by atoms with van der Waals surface area (Å²) in [5, 5.41) is 27.1. The van der Waals surface area contributed by atoms with Gasteiger partial charge in [-0.3, -0.25) is 52.9 Å². The molecule has 21 nitrogen and oxygen atoms in total. The largest absolute Gasteiger partial charge is 0.488 e. The lowest BCUT2D eigenvalue weighted by Gasteiger charge is -2.38. The van der Waals surface area contributed by atoms with Gasteiger partial charge >= 0.3 is 11.9 Å². The van der Waals surface area contributed by atoms with E-state index in [4.69, 9.17) is 19.4 Å². The van der Waals surface area contributed by atoms with Crippen LogP contribution in [0.25, 0.3) is 22.3 Å². The monoisotopic (exact) mass is 1450 g/mol. The first-order valence-corrected chi connectivity index (χ1v) is 39.9. The number of pyridine rings is 1. The summed E-state index contributed by atoms with van der Waals surface area (Å²) in [5.41, 5.74) is 0.997. The third kappa shape index (κ3) is 19.2. The van der Waals surface area contributed by atoms with Gasteiger partial charge in [0.05, 0.1) is 65.2 Å². The molecule has 6 heterocycles. The number of aliphatic carboxylic acids is 1. The molecule has 5 saturated carbocycles. The van der Waals surface area contributed by atoms with E-state index in [1.165, 1.54) is 18.6 Å². The number of hydrogen-bond acceptors (Lipinski definition) is 18. The summed E-state index contributed by atoms with van der Waals surface area (Å²) in [6, 6.07) is 4.83. The highest BCUT2D eigenvalue weighted by Gasteiger charge is 2.61. The van der Waals surface area contributed by atoms with Gasteiger partial charge in [0.1, 0.15) is 29.7 Å². The maximum atomic E-state index is 14.7. The molecule has 7 fully saturated rings. The molecule has 1 aromatic carbocycles. The fourth-order valence-corrected chi connectivity index (χ4v) is 18.4. The Morgan fingerprint density at radius 2 is 1.57 bits per heavy atom. The number of benzene rings is 1. The second kappa shape index (κ2) is 34.8. The minimum Gasteiger partial charge on any atom is -0.488 e. The summed E-state index contributed by atoms with van der Waals surface area (Å²) in [6.07, 6.45) is 27.1. The minimum atomic E-state index is -1.19. The number of aliphatic hydroxyl groups is 1. The number of rotatable bonds is 26. The number of esters is 1. The molecular weight excluding hydrogens is 1340 g/mol. The zero-order chi connectivity index (χ0) is 74.0. The van der Waals surface area contributed by atoms with Crippen molar-refractivity contribution in [1.82, 2.24) is 35.1 Å². The lowest BCUT2D eigenvalue weighted by molar-refractivity contribution is -0.154. The van der Waals surface area contributed by atoms with Gasteiger partial charge in [-0.1, -0.05) is 105 Å². The molecule has 12 rings (SSSR count). The normalized spacial score (nSPS) is 25.8. The van der Waals surface area contributed by atoms with Crippen molar-refractivity contribution in [3.8, 4) is 17.1 Å². The predicted octanol–water partition coefficient (Wildman–Crippen LogP) is 13.2. The average molecular weight is 1450 g/mol. The number of aliphatic hydroxyl groups excluding tert-OH is 1. The van der Waals surface area contributed by atoms with Gasteiger partial charge in [-0.05, 0) is 155 Å². The molecule has 11 atom stereocenters. The van der Waals surface area contributed by atoms with Gasteiger partial charge in [0.2, 0.25) is 23.5 Å². The number of Topliss-reactive ketones (excluding diaryl/α,β-unsaturated/α-hetero) is 5. The van der Waals surface area contributed by atoms with E-state index < -0.39 is 64.6 Å². The van der Waals surface area contributed by atoms with E-state index in [0.717, 1.165) is 127 Å². The predicted molar refractivity (Wildman–Crippen MR) is 392 cm³/mol. The summed E-state index contributed by atoms with van der Waals surface area (Å²) < 4.78 is 12.6. The van der Waals surface area contributed by atoms with Gasteiger partial charge in [0, 0.05) is 92.0 Å². The molecule has 4 aromatic rings. The van der Waals surface area contributed by atoms with Crippen LogP contribution in [0.5, 0.6) is 5.75 Å². The maximum Gasteiger partial charge on any atom is 0.310 e. The van der Waals surface area contributed by atoms with Crippen molar-refractivity contribution in [1.29, 1.82) is 0 Å². The molecular formula is C82H109N7O14S. The summed E-state index contributed by atoms with van der Waals surface area (Å²) in [7, 11) is 0. The molecule has 3 aliphatic heterocycles. The van der Waals surface area contributed by atoms with Gasteiger partial charge in [-0.25, -0.2) is 15.0 Å². The topological polar surface area (TPSA) is 300 Å². The smallest absolute Gasteiger partial charge is 0.310 e. The average Bonchev–Trinajstić information content (AvgIpc) is 1.59. The standard InChI is InChI=1S/C43H53N3O8S.C39H56N4O6/c1-26(2)16-39-45-35(25-55-39)34-20-38(32-15-14-27(24-47)17-33(32)44-34)53-31-19-36-37(48)22-43(42(51)52)21-29(43)11-7-5-3-4-6-10-28(41(50)46(36)23-31)18-40(49)54-30-12-8-9-13-30;1-5-10-26(35(47)33(46)19-24-15-16-24)20-32(45)34-28-14-9-13-27(28)23-43(34)38(49)36(39(2,3)4)42-37(48)29(25-11-7-6-8-12-25)21-31(44)30-22-40-17-18-41-30/h7,11,14-15,17,20,25-26,28-31,36,47H,3-6,8-10,12-13,16,18-19,21-24H2,1-2H3,(H,51,52);17-18,22,24-29,34,36H,5-16,19-21,23H2,1-4H3,(H,42,48)/b11-7-;/t28-,29-,31-,36+,43-;26-,27+,28+,29+,34+,36?/m11/s1. The molecule has 3 amide bonds. The zero-order valence-corrected chi connectivity index (χ0v) is 62.7. The summed E-state index contributed by atoms with van der Waals surface area (Å²) in [4.78, 5) is 158. The number of carbonyl (C=O) groups excluding carboxylic acids is 9. The number of hydrogen-bond donors (Lipinski definition) is 3. The Morgan fingerprint density at radius 3 is 2.27 bits per heavy atom. The fraction of sp³-hybridized carbons (Fsp3) is 0.659. The van der Waals surface area contributed by atoms with Crippen molar-refractivity contribution >= 4 is 80.8 Å². The van der Waals surface area contributed by atoms with E-state index in [9.17, 15) is 58.2 Å². The number of carboxylic acid groups (broad SMARTS) is 1. The van der Waals surface area contributed by atoms with Crippen molar-refractivity contribution in [2.45, 2.75) is 265 Å². The number of ketones is 5. The first-order chi connectivity index (χ1) is 49.9. The Labute approximate surface area is 616 Å². The SMILES string of the molecule is CC(C)Cc1nc(-c2cc(O[C@@H]3C[C@H]4C(=O)C[C@]5(C(=O)O)C[C@H]5/C=C\CCCCC[C@H](CC(=O)OC5CCCC5)C(=O)N4C3)c3ccc(CO)cc3n2)cs1.CCC[C@H](CC(=O)[C@@H]1[C@H]2CCC[C@H]2CN1C(=O)C(NC(=O)[C@@H](CC(=O)c1cnccn1)C1CCCCC1)C(C)(C)C)C(=O)C(=O)CC1CC1. The molecule has 22 heteroatoms. The van der Waals surface area contributed by atoms with Gasteiger partial charge in [0.25, 0.3) is 0 Å². The number of ether oxygens (including phenoxy) is 2.